The molecule has 0 fully saturated rings. The first-order valence-corrected chi connectivity index (χ1v) is 4.24. The smallest absolute Gasteiger partial charge is 0.130 e. The number of benzene rings is 2. The van der Waals surface area contributed by atoms with E-state index in [9.17, 15) is 15.3 Å². The van der Waals surface area contributed by atoms with Gasteiger partial charge < -0.3 is 15.3 Å². The van der Waals surface area contributed by atoms with Gasteiger partial charge in [-0.15, -0.1) is 0 Å². The average molecular weight is 190 g/mol. The Morgan fingerprint density at radius 3 is 2.43 bits per heavy atom. The lowest BCUT2D eigenvalue weighted by Gasteiger charge is -2.07. The van der Waals surface area contributed by atoms with E-state index in [0.717, 1.165) is 0 Å². The van der Waals surface area contributed by atoms with Crippen molar-refractivity contribution in [2.45, 2.75) is 6.92 Å². The molecule has 2 aromatic carbocycles. The van der Waals surface area contributed by atoms with E-state index >= 15 is 0 Å². The average Bonchev–Trinajstić information content (AvgIpc) is 2.14. The van der Waals surface area contributed by atoms with Crippen LogP contribution >= 0.6 is 0 Å². The summed E-state index contributed by atoms with van der Waals surface area (Å²) in [6.07, 6.45) is 0. The summed E-state index contributed by atoms with van der Waals surface area (Å²) in [6, 6.07) is 6.20. The summed E-state index contributed by atoms with van der Waals surface area (Å²) in [6.45, 7) is 1.67. The lowest BCUT2D eigenvalue weighted by atomic mass is 10.0. The zero-order valence-corrected chi connectivity index (χ0v) is 7.65. The van der Waals surface area contributed by atoms with Crippen LogP contribution < -0.4 is 0 Å². The minimum atomic E-state index is -0.0287. The maximum Gasteiger partial charge on any atom is 0.130 e. The molecule has 0 aliphatic rings. The minimum absolute atomic E-state index is 0.0101. The normalized spacial score (nSPS) is 10.6. The Bertz CT molecular complexity index is 503. The Hall–Kier alpha value is -1.90. The molecular formula is C11H10O3. The van der Waals surface area contributed by atoms with Gasteiger partial charge >= 0.3 is 0 Å². The predicted molar refractivity (Wildman–Crippen MR) is 53.7 cm³/mol. The van der Waals surface area contributed by atoms with E-state index in [1.54, 1.807) is 19.1 Å². The van der Waals surface area contributed by atoms with Crippen molar-refractivity contribution in [2.24, 2.45) is 0 Å². The number of rotatable bonds is 0. The lowest BCUT2D eigenvalue weighted by Crippen LogP contribution is -1.81. The molecule has 0 aliphatic carbocycles. The predicted octanol–water partition coefficient (Wildman–Crippen LogP) is 2.27. The van der Waals surface area contributed by atoms with E-state index in [4.69, 9.17) is 0 Å². The van der Waals surface area contributed by atoms with E-state index in [1.165, 1.54) is 12.1 Å². The summed E-state index contributed by atoms with van der Waals surface area (Å²) in [4.78, 5) is 0. The molecule has 0 spiro atoms. The Balaban J connectivity index is 3.03. The number of hydrogen-bond donors (Lipinski definition) is 3. The zero-order chi connectivity index (χ0) is 10.3. The highest BCUT2D eigenvalue weighted by Crippen LogP contribution is 2.39. The Kier molecular flexibility index (Phi) is 1.74. The molecule has 2 aromatic rings. The quantitative estimate of drug-likeness (QED) is 0.558. The highest BCUT2D eigenvalue weighted by Gasteiger charge is 2.10. The van der Waals surface area contributed by atoms with Gasteiger partial charge in [-0.1, -0.05) is 12.1 Å². The molecular weight excluding hydrogens is 180 g/mol. The molecule has 3 nitrogen and oxygen atoms in total. The van der Waals surface area contributed by atoms with Gasteiger partial charge in [0.15, 0.2) is 0 Å². The molecule has 0 aromatic heterocycles. The fourth-order valence-corrected chi connectivity index (χ4v) is 1.55. The van der Waals surface area contributed by atoms with Crippen LogP contribution in [0.4, 0.5) is 0 Å². The first-order chi connectivity index (χ1) is 6.61. The summed E-state index contributed by atoms with van der Waals surface area (Å²) in [5.41, 5.74) is 0.538. The van der Waals surface area contributed by atoms with Crippen LogP contribution in [-0.2, 0) is 0 Å². The highest BCUT2D eigenvalue weighted by atomic mass is 16.3. The topological polar surface area (TPSA) is 60.7 Å². The number of fused-ring (bicyclic) bond motifs is 1. The van der Waals surface area contributed by atoms with Crippen LogP contribution in [-0.4, -0.2) is 15.3 Å². The minimum Gasteiger partial charge on any atom is -0.507 e. The van der Waals surface area contributed by atoms with Gasteiger partial charge in [0.05, 0.1) is 5.39 Å². The van der Waals surface area contributed by atoms with Gasteiger partial charge in [-0.05, 0) is 24.6 Å². The SMILES string of the molecule is Cc1cc(O)c2cccc(O)c2c1O. The second-order valence-corrected chi connectivity index (χ2v) is 3.26. The molecule has 0 bridgehead atoms. The van der Waals surface area contributed by atoms with Gasteiger partial charge in [0.2, 0.25) is 0 Å². The summed E-state index contributed by atoms with van der Waals surface area (Å²) in [5, 5.41) is 29.5. The third kappa shape index (κ3) is 1.06. The van der Waals surface area contributed by atoms with E-state index in [-0.39, 0.29) is 17.2 Å². The van der Waals surface area contributed by atoms with Crippen molar-refractivity contribution < 1.29 is 15.3 Å². The third-order valence-electron chi connectivity index (χ3n) is 2.28. The monoisotopic (exact) mass is 190 g/mol. The van der Waals surface area contributed by atoms with Gasteiger partial charge in [-0.3, -0.25) is 0 Å². The number of phenols is 3. The standard InChI is InChI=1S/C11H10O3/c1-6-5-9(13)7-3-2-4-8(12)10(7)11(6)14/h2-5,12-14H,1H3. The van der Waals surface area contributed by atoms with Crippen LogP contribution in [0.5, 0.6) is 17.2 Å². The zero-order valence-electron chi connectivity index (χ0n) is 7.65. The van der Waals surface area contributed by atoms with Crippen LogP contribution in [0.3, 0.4) is 0 Å². The van der Waals surface area contributed by atoms with Crippen LogP contribution in [0.15, 0.2) is 24.3 Å². The fourth-order valence-electron chi connectivity index (χ4n) is 1.55. The maximum absolute atomic E-state index is 9.69. The molecule has 0 saturated heterocycles. The molecule has 0 aliphatic heterocycles. The largest absolute Gasteiger partial charge is 0.507 e. The number of aryl methyl sites for hydroxylation is 1. The van der Waals surface area contributed by atoms with E-state index in [1.807, 2.05) is 0 Å². The summed E-state index contributed by atoms with van der Waals surface area (Å²) in [5.74, 6) is 0.0427. The molecule has 0 amide bonds. The molecule has 14 heavy (non-hydrogen) atoms. The first kappa shape index (κ1) is 8.69. The van der Waals surface area contributed by atoms with Gasteiger partial charge in [0, 0.05) is 5.39 Å². The van der Waals surface area contributed by atoms with E-state index < -0.39 is 0 Å². The second-order valence-electron chi connectivity index (χ2n) is 3.26. The number of hydrogen-bond acceptors (Lipinski definition) is 3. The lowest BCUT2D eigenvalue weighted by molar-refractivity contribution is 0.455. The van der Waals surface area contributed by atoms with Crippen molar-refractivity contribution >= 4 is 10.8 Å². The molecule has 3 heteroatoms. The van der Waals surface area contributed by atoms with Crippen molar-refractivity contribution in [3.05, 3.63) is 29.8 Å². The molecule has 72 valence electrons. The molecule has 0 atom stereocenters. The second kappa shape index (κ2) is 2.80. The molecule has 2 rings (SSSR count). The van der Waals surface area contributed by atoms with Crippen LogP contribution in [0, 0.1) is 6.92 Å². The van der Waals surface area contributed by atoms with Gasteiger partial charge in [-0.25, -0.2) is 0 Å². The third-order valence-corrected chi connectivity index (χ3v) is 2.28. The Morgan fingerprint density at radius 1 is 1.00 bits per heavy atom. The molecule has 0 radical (unpaired) electrons. The van der Waals surface area contributed by atoms with Crippen molar-refractivity contribution in [3.63, 3.8) is 0 Å². The van der Waals surface area contributed by atoms with Crippen molar-refractivity contribution in [2.75, 3.05) is 0 Å². The molecule has 0 heterocycles. The molecule has 0 saturated carbocycles. The summed E-state index contributed by atoms with van der Waals surface area (Å²) in [7, 11) is 0. The highest BCUT2D eigenvalue weighted by molar-refractivity contribution is 5.98. The summed E-state index contributed by atoms with van der Waals surface area (Å²) >= 11 is 0. The van der Waals surface area contributed by atoms with E-state index in [0.29, 0.717) is 16.3 Å². The van der Waals surface area contributed by atoms with Gasteiger partial charge in [-0.2, -0.15) is 0 Å². The molecule has 0 unspecified atom stereocenters. The Morgan fingerprint density at radius 2 is 1.71 bits per heavy atom. The Labute approximate surface area is 80.9 Å². The van der Waals surface area contributed by atoms with Crippen LogP contribution in [0.1, 0.15) is 5.56 Å². The van der Waals surface area contributed by atoms with Crippen molar-refractivity contribution in [1.29, 1.82) is 0 Å². The first-order valence-electron chi connectivity index (χ1n) is 4.24. The summed E-state index contributed by atoms with van der Waals surface area (Å²) < 4.78 is 0. The van der Waals surface area contributed by atoms with Crippen LogP contribution in [0.2, 0.25) is 0 Å². The van der Waals surface area contributed by atoms with Crippen LogP contribution in [0.25, 0.3) is 10.8 Å². The van der Waals surface area contributed by atoms with Crippen molar-refractivity contribution in [3.8, 4) is 17.2 Å². The van der Waals surface area contributed by atoms with Gasteiger partial charge in [0.25, 0.3) is 0 Å². The van der Waals surface area contributed by atoms with Gasteiger partial charge in [0.1, 0.15) is 17.2 Å². The maximum atomic E-state index is 9.69. The molecule has 3 N–H and O–H groups in total. The fraction of sp³-hybridized carbons (Fsp3) is 0.0909. The van der Waals surface area contributed by atoms with Crippen molar-refractivity contribution in [1.82, 2.24) is 0 Å². The number of aromatic hydroxyl groups is 3. The van der Waals surface area contributed by atoms with E-state index in [2.05, 4.69) is 0 Å². The number of phenolic OH excluding ortho intramolecular Hbond substituents is 3.